The number of hydrogen-bond acceptors (Lipinski definition) is 4. The zero-order chi connectivity index (χ0) is 26.3. The topological polar surface area (TPSA) is 86.8 Å². The molecule has 0 heterocycles. The largest absolute Gasteiger partial charge is 0.355 e. The summed E-state index contributed by atoms with van der Waals surface area (Å²) in [6.07, 6.45) is 0. The number of amides is 2. The first-order chi connectivity index (χ1) is 17.1. The van der Waals surface area contributed by atoms with E-state index in [-0.39, 0.29) is 17.3 Å². The van der Waals surface area contributed by atoms with Crippen LogP contribution >= 0.6 is 15.9 Å². The van der Waals surface area contributed by atoms with Crippen LogP contribution in [-0.4, -0.2) is 44.3 Å². The van der Waals surface area contributed by atoms with E-state index in [1.807, 2.05) is 31.2 Å². The second-order valence-corrected chi connectivity index (χ2v) is 11.2. The van der Waals surface area contributed by atoms with Gasteiger partial charge in [0.15, 0.2) is 0 Å². The lowest BCUT2D eigenvalue weighted by Crippen LogP contribution is -2.51. The molecule has 0 aliphatic carbocycles. The average Bonchev–Trinajstić information content (AvgIpc) is 2.87. The third-order valence-corrected chi connectivity index (χ3v) is 8.03. The maximum absolute atomic E-state index is 13.7. The number of benzene rings is 3. The number of sulfonamides is 1. The minimum Gasteiger partial charge on any atom is -0.355 e. The third kappa shape index (κ3) is 6.73. The molecule has 0 aliphatic rings. The zero-order valence-electron chi connectivity index (χ0n) is 20.5. The summed E-state index contributed by atoms with van der Waals surface area (Å²) in [6, 6.07) is 21.6. The van der Waals surface area contributed by atoms with Crippen molar-refractivity contribution in [1.82, 2.24) is 10.2 Å². The van der Waals surface area contributed by atoms with E-state index in [1.54, 1.807) is 56.3 Å². The van der Waals surface area contributed by atoms with E-state index in [2.05, 4.69) is 21.2 Å². The van der Waals surface area contributed by atoms with Gasteiger partial charge in [0.2, 0.25) is 11.8 Å². The van der Waals surface area contributed by atoms with Gasteiger partial charge in [-0.1, -0.05) is 64.0 Å². The van der Waals surface area contributed by atoms with Gasteiger partial charge in [0.25, 0.3) is 10.0 Å². The molecule has 190 valence electrons. The first-order valence-corrected chi connectivity index (χ1v) is 13.8. The number of carbonyl (C=O) groups is 2. The van der Waals surface area contributed by atoms with Gasteiger partial charge in [-0.15, -0.1) is 0 Å². The van der Waals surface area contributed by atoms with Gasteiger partial charge >= 0.3 is 0 Å². The molecule has 3 aromatic carbocycles. The molecule has 0 aliphatic heterocycles. The normalized spacial score (nSPS) is 12.0. The highest BCUT2D eigenvalue weighted by atomic mass is 79.9. The van der Waals surface area contributed by atoms with Gasteiger partial charge in [-0.3, -0.25) is 13.9 Å². The van der Waals surface area contributed by atoms with Crippen LogP contribution in [-0.2, 0) is 26.2 Å². The van der Waals surface area contributed by atoms with Crippen molar-refractivity contribution in [2.45, 2.75) is 38.3 Å². The number of hydrogen-bond donors (Lipinski definition) is 1. The highest BCUT2D eigenvalue weighted by Gasteiger charge is 2.32. The van der Waals surface area contributed by atoms with Crippen LogP contribution in [0.3, 0.4) is 0 Å². The highest BCUT2D eigenvalue weighted by molar-refractivity contribution is 9.10. The smallest absolute Gasteiger partial charge is 0.264 e. The molecule has 7 nitrogen and oxygen atoms in total. The maximum Gasteiger partial charge on any atom is 0.264 e. The molecular formula is C27H30BrN3O4S. The molecule has 0 radical (unpaired) electrons. The van der Waals surface area contributed by atoms with Crippen molar-refractivity contribution in [3.8, 4) is 0 Å². The highest BCUT2D eigenvalue weighted by Crippen LogP contribution is 2.25. The Morgan fingerprint density at radius 3 is 2.14 bits per heavy atom. The lowest BCUT2D eigenvalue weighted by atomic mass is 10.1. The predicted octanol–water partition coefficient (Wildman–Crippen LogP) is 4.51. The van der Waals surface area contributed by atoms with Crippen LogP contribution in [0.1, 0.15) is 25.0 Å². The van der Waals surface area contributed by atoms with Gasteiger partial charge in [0.05, 0.1) is 10.6 Å². The Kier molecular flexibility index (Phi) is 9.28. The Bertz CT molecular complexity index is 1280. The molecule has 3 aromatic rings. The van der Waals surface area contributed by atoms with E-state index in [0.717, 1.165) is 19.9 Å². The fourth-order valence-corrected chi connectivity index (χ4v) is 5.35. The van der Waals surface area contributed by atoms with Gasteiger partial charge in [-0.05, 0) is 62.7 Å². The number of aryl methyl sites for hydroxylation is 1. The molecule has 9 heteroatoms. The first kappa shape index (κ1) is 27.4. The second kappa shape index (κ2) is 12.2. The Balaban J connectivity index is 2.00. The molecule has 0 bridgehead atoms. The molecular weight excluding hydrogens is 542 g/mol. The van der Waals surface area contributed by atoms with Crippen molar-refractivity contribution in [2.75, 3.05) is 17.4 Å². The lowest BCUT2D eigenvalue weighted by molar-refractivity contribution is -0.139. The minimum atomic E-state index is -4.05. The Hall–Kier alpha value is -3.17. The fraction of sp³-hybridized carbons (Fsp3) is 0.259. The van der Waals surface area contributed by atoms with Gasteiger partial charge in [-0.25, -0.2) is 8.42 Å². The van der Waals surface area contributed by atoms with Crippen molar-refractivity contribution in [1.29, 1.82) is 0 Å². The molecule has 1 N–H and O–H groups in total. The standard InChI is InChI=1S/C27H30BrN3O4S/c1-4-29-27(33)21(3)30(18-22-12-14-23(28)15-13-22)26(32)19-31(24-16-10-20(2)11-17-24)36(34,35)25-8-6-5-7-9-25/h5-17,21H,4,18-19H2,1-3H3,(H,29,33)/t21-/m0/s1. The number of carbonyl (C=O) groups excluding carboxylic acids is 2. The fourth-order valence-electron chi connectivity index (χ4n) is 3.65. The van der Waals surface area contributed by atoms with E-state index in [9.17, 15) is 18.0 Å². The van der Waals surface area contributed by atoms with Gasteiger partial charge in [0.1, 0.15) is 12.6 Å². The monoisotopic (exact) mass is 571 g/mol. The van der Waals surface area contributed by atoms with Crippen LogP contribution in [0.5, 0.6) is 0 Å². The summed E-state index contributed by atoms with van der Waals surface area (Å²) >= 11 is 3.40. The van der Waals surface area contributed by atoms with Crippen LogP contribution in [0, 0.1) is 6.92 Å². The van der Waals surface area contributed by atoms with Crippen molar-refractivity contribution in [3.05, 3.63) is 94.5 Å². The predicted molar refractivity (Wildman–Crippen MR) is 145 cm³/mol. The molecule has 2 amide bonds. The number of anilines is 1. The van der Waals surface area contributed by atoms with Crippen molar-refractivity contribution < 1.29 is 18.0 Å². The quantitative estimate of drug-likeness (QED) is 0.388. The van der Waals surface area contributed by atoms with E-state index >= 15 is 0 Å². The van der Waals surface area contributed by atoms with Crippen molar-refractivity contribution in [3.63, 3.8) is 0 Å². The summed E-state index contributed by atoms with van der Waals surface area (Å²) in [6.45, 7) is 5.46. The van der Waals surface area contributed by atoms with Gasteiger partial charge < -0.3 is 10.2 Å². The van der Waals surface area contributed by atoms with E-state index in [1.165, 1.54) is 17.0 Å². The summed E-state index contributed by atoms with van der Waals surface area (Å²) in [7, 11) is -4.05. The SMILES string of the molecule is CCNC(=O)[C@H](C)N(Cc1ccc(Br)cc1)C(=O)CN(c1ccc(C)cc1)S(=O)(=O)c1ccccc1. The molecule has 0 aromatic heterocycles. The summed E-state index contributed by atoms with van der Waals surface area (Å²) in [5.41, 5.74) is 2.14. The second-order valence-electron chi connectivity index (χ2n) is 8.38. The molecule has 36 heavy (non-hydrogen) atoms. The number of likely N-dealkylation sites (N-methyl/N-ethyl adjacent to an activating group) is 1. The molecule has 0 saturated heterocycles. The average molecular weight is 573 g/mol. The van der Waals surface area contributed by atoms with Gasteiger partial charge in [0, 0.05) is 17.6 Å². The summed E-state index contributed by atoms with van der Waals surface area (Å²) in [5, 5.41) is 2.75. The van der Waals surface area contributed by atoms with E-state index in [0.29, 0.717) is 12.2 Å². The van der Waals surface area contributed by atoms with Crippen LogP contribution in [0.15, 0.2) is 88.2 Å². The number of nitrogens with one attached hydrogen (secondary N) is 1. The zero-order valence-corrected chi connectivity index (χ0v) is 22.9. The molecule has 1 atom stereocenters. The number of halogens is 1. The van der Waals surface area contributed by atoms with E-state index in [4.69, 9.17) is 0 Å². The lowest BCUT2D eigenvalue weighted by Gasteiger charge is -2.32. The molecule has 0 spiro atoms. The molecule has 0 fully saturated rings. The maximum atomic E-state index is 13.7. The third-order valence-electron chi connectivity index (χ3n) is 5.72. The van der Waals surface area contributed by atoms with Crippen LogP contribution < -0.4 is 9.62 Å². The summed E-state index contributed by atoms with van der Waals surface area (Å²) < 4.78 is 29.3. The molecule has 3 rings (SSSR count). The van der Waals surface area contributed by atoms with Crippen molar-refractivity contribution in [2.24, 2.45) is 0 Å². The van der Waals surface area contributed by atoms with Crippen LogP contribution in [0.4, 0.5) is 5.69 Å². The van der Waals surface area contributed by atoms with Crippen LogP contribution in [0.2, 0.25) is 0 Å². The van der Waals surface area contributed by atoms with Crippen LogP contribution in [0.25, 0.3) is 0 Å². The summed E-state index contributed by atoms with van der Waals surface area (Å²) in [5.74, 6) is -0.799. The molecule has 0 saturated carbocycles. The minimum absolute atomic E-state index is 0.0783. The summed E-state index contributed by atoms with van der Waals surface area (Å²) in [4.78, 5) is 27.9. The number of nitrogens with zero attached hydrogens (tertiary/aromatic N) is 2. The first-order valence-electron chi connectivity index (χ1n) is 11.6. The Morgan fingerprint density at radius 2 is 1.56 bits per heavy atom. The molecule has 0 unspecified atom stereocenters. The van der Waals surface area contributed by atoms with Gasteiger partial charge in [-0.2, -0.15) is 0 Å². The Morgan fingerprint density at radius 1 is 0.944 bits per heavy atom. The van der Waals surface area contributed by atoms with E-state index < -0.39 is 28.5 Å². The number of rotatable bonds is 10. The Labute approximate surface area is 221 Å². The van der Waals surface area contributed by atoms with Crippen molar-refractivity contribution >= 4 is 43.5 Å².